The number of furan rings is 1. The molecule has 1 N–H and O–H groups in total. The number of aryl methyl sites for hydroxylation is 2. The van der Waals surface area contributed by atoms with Crippen LogP contribution in [0.1, 0.15) is 21.7 Å². The maximum absolute atomic E-state index is 10.9. The Kier molecular flexibility index (Phi) is 2.34. The molecule has 1 heterocycles. The highest BCUT2D eigenvalue weighted by atomic mass is 16.5. The van der Waals surface area contributed by atoms with E-state index in [1.165, 1.54) is 13.2 Å². The number of methoxy groups -OCH3 is 1. The Labute approximate surface area is 92.4 Å². The average Bonchev–Trinajstić information content (AvgIpc) is 2.54. The average molecular weight is 220 g/mol. The number of hydrogen-bond donors (Lipinski definition) is 1. The van der Waals surface area contributed by atoms with E-state index < -0.39 is 5.97 Å². The van der Waals surface area contributed by atoms with Crippen LogP contribution in [0.25, 0.3) is 11.0 Å². The second-order valence-corrected chi connectivity index (χ2v) is 3.64. The van der Waals surface area contributed by atoms with Crippen LogP contribution in [0.4, 0.5) is 0 Å². The molecule has 0 unspecified atom stereocenters. The maximum atomic E-state index is 10.9. The van der Waals surface area contributed by atoms with Gasteiger partial charge in [-0.3, -0.25) is 0 Å². The molecule has 0 aliphatic carbocycles. The minimum atomic E-state index is -0.974. The molecule has 0 amide bonds. The first-order valence-corrected chi connectivity index (χ1v) is 4.85. The highest BCUT2D eigenvalue weighted by molar-refractivity contribution is 5.97. The van der Waals surface area contributed by atoms with Crippen LogP contribution in [0.2, 0.25) is 0 Å². The Balaban J connectivity index is 2.84. The SMILES string of the molecule is COc1cc(C(=O)O)cc2c(C)c(C)oc12. The fraction of sp³-hybridized carbons (Fsp3) is 0.250. The van der Waals surface area contributed by atoms with Crippen molar-refractivity contribution in [2.24, 2.45) is 0 Å². The summed E-state index contributed by atoms with van der Waals surface area (Å²) < 4.78 is 10.7. The predicted octanol–water partition coefficient (Wildman–Crippen LogP) is 2.76. The Bertz CT molecular complexity index is 566. The third-order valence-electron chi connectivity index (χ3n) is 2.71. The monoisotopic (exact) mass is 220 g/mol. The lowest BCUT2D eigenvalue weighted by Crippen LogP contribution is -1.97. The minimum Gasteiger partial charge on any atom is -0.493 e. The van der Waals surface area contributed by atoms with Gasteiger partial charge in [0.05, 0.1) is 12.7 Å². The van der Waals surface area contributed by atoms with Crippen molar-refractivity contribution in [3.05, 3.63) is 29.0 Å². The van der Waals surface area contributed by atoms with E-state index in [-0.39, 0.29) is 5.56 Å². The molecule has 0 atom stereocenters. The molecule has 0 fully saturated rings. The van der Waals surface area contributed by atoms with Crippen LogP contribution in [0.15, 0.2) is 16.5 Å². The quantitative estimate of drug-likeness (QED) is 0.845. The van der Waals surface area contributed by atoms with Gasteiger partial charge in [0.15, 0.2) is 11.3 Å². The summed E-state index contributed by atoms with van der Waals surface area (Å²) in [6, 6.07) is 3.07. The van der Waals surface area contributed by atoms with Crippen molar-refractivity contribution >= 4 is 16.9 Å². The van der Waals surface area contributed by atoms with Crippen molar-refractivity contribution in [1.29, 1.82) is 0 Å². The summed E-state index contributed by atoms with van der Waals surface area (Å²) in [5.74, 6) is 0.250. The van der Waals surface area contributed by atoms with Crippen molar-refractivity contribution in [2.45, 2.75) is 13.8 Å². The summed E-state index contributed by atoms with van der Waals surface area (Å²) in [6.45, 7) is 3.74. The van der Waals surface area contributed by atoms with Crippen LogP contribution in [-0.4, -0.2) is 18.2 Å². The fourth-order valence-electron chi connectivity index (χ4n) is 1.68. The van der Waals surface area contributed by atoms with Gasteiger partial charge in [0.1, 0.15) is 5.76 Å². The smallest absolute Gasteiger partial charge is 0.335 e. The zero-order valence-electron chi connectivity index (χ0n) is 9.33. The lowest BCUT2D eigenvalue weighted by molar-refractivity contribution is 0.0696. The molecule has 4 heteroatoms. The third kappa shape index (κ3) is 1.43. The number of rotatable bonds is 2. The standard InChI is InChI=1S/C12H12O4/c1-6-7(2)16-11-9(6)4-8(12(13)14)5-10(11)15-3/h4-5H,1-3H3,(H,13,14). The van der Waals surface area contributed by atoms with Gasteiger partial charge in [0, 0.05) is 5.39 Å². The van der Waals surface area contributed by atoms with Crippen LogP contribution in [0, 0.1) is 13.8 Å². The van der Waals surface area contributed by atoms with Crippen LogP contribution in [0.3, 0.4) is 0 Å². The first kappa shape index (κ1) is 10.5. The molecule has 1 aromatic carbocycles. The van der Waals surface area contributed by atoms with E-state index in [0.29, 0.717) is 11.3 Å². The second kappa shape index (κ2) is 3.56. The molecule has 0 aliphatic heterocycles. The Hall–Kier alpha value is -1.97. The van der Waals surface area contributed by atoms with Gasteiger partial charge in [-0.25, -0.2) is 4.79 Å². The third-order valence-corrected chi connectivity index (χ3v) is 2.71. The van der Waals surface area contributed by atoms with Gasteiger partial charge >= 0.3 is 5.97 Å². The number of fused-ring (bicyclic) bond motifs is 1. The molecule has 2 rings (SSSR count). The minimum absolute atomic E-state index is 0.202. The molecule has 0 aliphatic rings. The maximum Gasteiger partial charge on any atom is 0.335 e. The Morgan fingerprint density at radius 2 is 2.06 bits per heavy atom. The van der Waals surface area contributed by atoms with Crippen molar-refractivity contribution in [3.63, 3.8) is 0 Å². The van der Waals surface area contributed by atoms with E-state index in [1.807, 2.05) is 13.8 Å². The van der Waals surface area contributed by atoms with Crippen molar-refractivity contribution < 1.29 is 19.1 Å². The topological polar surface area (TPSA) is 59.7 Å². The number of ether oxygens (including phenoxy) is 1. The zero-order chi connectivity index (χ0) is 11.9. The molecule has 1 aromatic heterocycles. The highest BCUT2D eigenvalue weighted by Crippen LogP contribution is 2.33. The molecule has 0 radical (unpaired) electrons. The van der Waals surface area contributed by atoms with Crippen molar-refractivity contribution in [2.75, 3.05) is 7.11 Å². The molecule has 84 valence electrons. The lowest BCUT2D eigenvalue weighted by Gasteiger charge is -2.02. The van der Waals surface area contributed by atoms with Gasteiger partial charge in [-0.05, 0) is 31.5 Å². The summed E-state index contributed by atoms with van der Waals surface area (Å²) in [5.41, 5.74) is 1.74. The molecular weight excluding hydrogens is 208 g/mol. The summed E-state index contributed by atoms with van der Waals surface area (Å²) >= 11 is 0. The van der Waals surface area contributed by atoms with E-state index in [4.69, 9.17) is 14.3 Å². The molecule has 4 nitrogen and oxygen atoms in total. The molecule has 0 saturated heterocycles. The van der Waals surface area contributed by atoms with Gasteiger partial charge in [-0.2, -0.15) is 0 Å². The number of hydrogen-bond acceptors (Lipinski definition) is 3. The largest absolute Gasteiger partial charge is 0.493 e. The first-order chi connectivity index (χ1) is 7.54. The number of carboxylic acids is 1. The molecule has 0 saturated carbocycles. The lowest BCUT2D eigenvalue weighted by atomic mass is 10.1. The van der Waals surface area contributed by atoms with E-state index in [0.717, 1.165) is 16.7 Å². The Morgan fingerprint density at radius 1 is 1.38 bits per heavy atom. The van der Waals surface area contributed by atoms with Crippen LogP contribution >= 0.6 is 0 Å². The summed E-state index contributed by atoms with van der Waals surface area (Å²) in [5, 5.41) is 9.76. The van der Waals surface area contributed by atoms with Gasteiger partial charge in [0.25, 0.3) is 0 Å². The first-order valence-electron chi connectivity index (χ1n) is 4.85. The molecule has 0 bridgehead atoms. The summed E-state index contributed by atoms with van der Waals surface area (Å²) in [4.78, 5) is 10.9. The summed E-state index contributed by atoms with van der Waals surface area (Å²) in [7, 11) is 1.49. The van der Waals surface area contributed by atoms with E-state index in [1.54, 1.807) is 6.07 Å². The van der Waals surface area contributed by atoms with Crippen molar-refractivity contribution in [1.82, 2.24) is 0 Å². The van der Waals surface area contributed by atoms with Crippen molar-refractivity contribution in [3.8, 4) is 5.75 Å². The van der Waals surface area contributed by atoms with Crippen LogP contribution in [-0.2, 0) is 0 Å². The molecule has 2 aromatic rings. The molecular formula is C12H12O4. The predicted molar refractivity (Wildman–Crippen MR) is 59.2 cm³/mol. The summed E-state index contributed by atoms with van der Waals surface area (Å²) in [6.07, 6.45) is 0. The van der Waals surface area contributed by atoms with Gasteiger partial charge in [-0.15, -0.1) is 0 Å². The van der Waals surface area contributed by atoms with E-state index >= 15 is 0 Å². The zero-order valence-corrected chi connectivity index (χ0v) is 9.33. The van der Waals surface area contributed by atoms with Gasteiger partial charge in [0.2, 0.25) is 0 Å². The molecule has 0 spiro atoms. The van der Waals surface area contributed by atoms with E-state index in [9.17, 15) is 4.79 Å². The normalized spacial score (nSPS) is 10.7. The number of carbonyl (C=O) groups is 1. The highest BCUT2D eigenvalue weighted by Gasteiger charge is 2.15. The fourth-order valence-corrected chi connectivity index (χ4v) is 1.68. The second-order valence-electron chi connectivity index (χ2n) is 3.64. The number of aromatic carboxylic acids is 1. The number of benzene rings is 1. The van der Waals surface area contributed by atoms with E-state index in [2.05, 4.69) is 0 Å². The molecule has 16 heavy (non-hydrogen) atoms. The Morgan fingerprint density at radius 3 is 2.62 bits per heavy atom. The van der Waals surface area contributed by atoms with Gasteiger partial charge in [-0.1, -0.05) is 0 Å². The van der Waals surface area contributed by atoms with Gasteiger partial charge < -0.3 is 14.3 Å². The van der Waals surface area contributed by atoms with Crippen LogP contribution < -0.4 is 4.74 Å². The van der Waals surface area contributed by atoms with Crippen LogP contribution in [0.5, 0.6) is 5.75 Å². The number of carboxylic acid groups (broad SMARTS) is 1.